The molecule has 1 rings (SSSR count). The highest BCUT2D eigenvalue weighted by Crippen LogP contribution is 2.01. The summed E-state index contributed by atoms with van der Waals surface area (Å²) in [4.78, 5) is 14.9. The van der Waals surface area contributed by atoms with Crippen molar-refractivity contribution in [2.75, 3.05) is 19.8 Å². The number of alkyl halides is 2. The molecule has 0 aliphatic rings. The van der Waals surface area contributed by atoms with Crippen LogP contribution in [0.1, 0.15) is 23.4 Å². The van der Waals surface area contributed by atoms with Crippen LogP contribution in [0.2, 0.25) is 0 Å². The van der Waals surface area contributed by atoms with Gasteiger partial charge in [0, 0.05) is 0 Å². The highest BCUT2D eigenvalue weighted by Gasteiger charge is 2.15. The van der Waals surface area contributed by atoms with E-state index in [1.807, 2.05) is 0 Å². The van der Waals surface area contributed by atoms with Crippen LogP contribution in [-0.2, 0) is 15.9 Å². The second-order valence-electron chi connectivity index (χ2n) is 2.95. The van der Waals surface area contributed by atoms with Gasteiger partial charge in [-0.2, -0.15) is 4.98 Å². The predicted octanol–water partition coefficient (Wildman–Crippen LogP) is 1.07. The Morgan fingerprint density at radius 3 is 2.94 bits per heavy atom. The van der Waals surface area contributed by atoms with Crippen molar-refractivity contribution in [2.24, 2.45) is 0 Å². The molecule has 8 heteroatoms. The highest BCUT2D eigenvalue weighted by atomic mass is 19.3. The van der Waals surface area contributed by atoms with Gasteiger partial charge < -0.3 is 14.0 Å². The number of ether oxygens (including phenoxy) is 2. The van der Waals surface area contributed by atoms with Gasteiger partial charge in [0.1, 0.15) is 6.61 Å². The maximum atomic E-state index is 11.7. The standard InChI is InChI=1S/C9H12F2N2O4/c1-2-16-9(14)8-12-7(17-13-8)3-4-15-5-6(10)11/h6H,2-5H2,1H3. The minimum Gasteiger partial charge on any atom is -0.460 e. The Bertz CT molecular complexity index is 357. The monoisotopic (exact) mass is 250 g/mol. The zero-order chi connectivity index (χ0) is 12.7. The molecule has 0 saturated heterocycles. The first-order valence-corrected chi connectivity index (χ1v) is 4.99. The van der Waals surface area contributed by atoms with E-state index in [9.17, 15) is 13.6 Å². The average Bonchev–Trinajstić information content (AvgIpc) is 2.73. The van der Waals surface area contributed by atoms with E-state index in [1.54, 1.807) is 6.92 Å². The number of hydrogen-bond acceptors (Lipinski definition) is 6. The molecule has 96 valence electrons. The molecule has 0 amide bonds. The van der Waals surface area contributed by atoms with Crippen molar-refractivity contribution >= 4 is 5.97 Å². The lowest BCUT2D eigenvalue weighted by atomic mass is 10.4. The average molecular weight is 250 g/mol. The van der Waals surface area contributed by atoms with Gasteiger partial charge in [-0.05, 0) is 12.1 Å². The van der Waals surface area contributed by atoms with Crippen LogP contribution in [0, 0.1) is 0 Å². The lowest BCUT2D eigenvalue weighted by Gasteiger charge is -1.99. The Hall–Kier alpha value is -1.57. The Balaban J connectivity index is 2.33. The normalized spacial score (nSPS) is 10.8. The van der Waals surface area contributed by atoms with Crippen LogP contribution in [0.5, 0.6) is 0 Å². The van der Waals surface area contributed by atoms with Crippen molar-refractivity contribution < 1.29 is 27.6 Å². The number of rotatable bonds is 7. The van der Waals surface area contributed by atoms with E-state index >= 15 is 0 Å². The quantitative estimate of drug-likeness (QED) is 0.532. The summed E-state index contributed by atoms with van der Waals surface area (Å²) in [5.41, 5.74) is 0. The van der Waals surface area contributed by atoms with Crippen LogP contribution in [0.4, 0.5) is 8.78 Å². The van der Waals surface area contributed by atoms with Gasteiger partial charge in [0.25, 0.3) is 12.2 Å². The minimum absolute atomic E-state index is 0.0226. The number of aromatic nitrogens is 2. The van der Waals surface area contributed by atoms with E-state index in [0.29, 0.717) is 0 Å². The molecule has 0 spiro atoms. The second kappa shape index (κ2) is 6.89. The zero-order valence-electron chi connectivity index (χ0n) is 9.19. The molecule has 0 atom stereocenters. The van der Waals surface area contributed by atoms with Crippen LogP contribution >= 0.6 is 0 Å². The third-order valence-electron chi connectivity index (χ3n) is 1.63. The lowest BCUT2D eigenvalue weighted by molar-refractivity contribution is 0.0171. The van der Waals surface area contributed by atoms with Crippen molar-refractivity contribution in [3.05, 3.63) is 11.7 Å². The first kappa shape index (κ1) is 13.5. The van der Waals surface area contributed by atoms with Crippen molar-refractivity contribution in [3.63, 3.8) is 0 Å². The fourth-order valence-corrected chi connectivity index (χ4v) is 0.967. The van der Waals surface area contributed by atoms with Gasteiger partial charge in [-0.1, -0.05) is 0 Å². The molecule has 0 unspecified atom stereocenters. The summed E-state index contributed by atoms with van der Waals surface area (Å²) in [6.45, 7) is 1.24. The Morgan fingerprint density at radius 1 is 1.53 bits per heavy atom. The van der Waals surface area contributed by atoms with Crippen LogP contribution in [0.25, 0.3) is 0 Å². The molecule has 0 aliphatic carbocycles. The number of nitrogens with zero attached hydrogens (tertiary/aromatic N) is 2. The molecule has 17 heavy (non-hydrogen) atoms. The van der Waals surface area contributed by atoms with Crippen molar-refractivity contribution in [3.8, 4) is 0 Å². The minimum atomic E-state index is -2.51. The predicted molar refractivity (Wildman–Crippen MR) is 50.8 cm³/mol. The second-order valence-corrected chi connectivity index (χ2v) is 2.95. The molecule has 0 radical (unpaired) electrons. The fraction of sp³-hybridized carbons (Fsp3) is 0.667. The Labute approximate surface area is 95.9 Å². The van der Waals surface area contributed by atoms with Gasteiger partial charge in [-0.25, -0.2) is 13.6 Å². The Morgan fingerprint density at radius 2 is 2.29 bits per heavy atom. The lowest BCUT2D eigenvalue weighted by Crippen LogP contribution is -2.08. The molecule has 0 aromatic carbocycles. The van der Waals surface area contributed by atoms with E-state index in [0.717, 1.165) is 0 Å². The largest absolute Gasteiger partial charge is 0.460 e. The number of hydrogen-bond donors (Lipinski definition) is 0. The van der Waals surface area contributed by atoms with Gasteiger partial charge in [0.15, 0.2) is 0 Å². The van der Waals surface area contributed by atoms with E-state index < -0.39 is 19.0 Å². The Kier molecular flexibility index (Phi) is 5.47. The molecule has 0 N–H and O–H groups in total. The van der Waals surface area contributed by atoms with Gasteiger partial charge in [-0.3, -0.25) is 0 Å². The summed E-state index contributed by atoms with van der Waals surface area (Å²) in [6, 6.07) is 0. The molecule has 0 aliphatic heterocycles. The van der Waals surface area contributed by atoms with Gasteiger partial charge in [0.05, 0.1) is 19.6 Å². The molecular weight excluding hydrogens is 238 g/mol. The van der Waals surface area contributed by atoms with E-state index in [2.05, 4.69) is 19.6 Å². The van der Waals surface area contributed by atoms with Crippen LogP contribution in [0.15, 0.2) is 4.52 Å². The molecule has 1 aromatic heterocycles. The van der Waals surface area contributed by atoms with E-state index in [4.69, 9.17) is 4.52 Å². The van der Waals surface area contributed by atoms with Crippen LogP contribution in [0.3, 0.4) is 0 Å². The van der Waals surface area contributed by atoms with E-state index in [1.165, 1.54) is 0 Å². The van der Waals surface area contributed by atoms with E-state index in [-0.39, 0.29) is 31.3 Å². The fourth-order valence-electron chi connectivity index (χ4n) is 0.967. The third kappa shape index (κ3) is 4.85. The number of carbonyl (C=O) groups excluding carboxylic acids is 1. The van der Waals surface area contributed by atoms with Crippen molar-refractivity contribution in [1.82, 2.24) is 10.1 Å². The van der Waals surface area contributed by atoms with Crippen LogP contribution < -0.4 is 0 Å². The van der Waals surface area contributed by atoms with Gasteiger partial charge in [0.2, 0.25) is 5.89 Å². The maximum absolute atomic E-state index is 11.7. The number of carbonyl (C=O) groups is 1. The highest BCUT2D eigenvalue weighted by molar-refractivity contribution is 5.84. The molecule has 1 heterocycles. The topological polar surface area (TPSA) is 74.5 Å². The van der Waals surface area contributed by atoms with Crippen molar-refractivity contribution in [1.29, 1.82) is 0 Å². The summed E-state index contributed by atoms with van der Waals surface area (Å²) in [7, 11) is 0. The molecule has 1 aromatic rings. The first-order chi connectivity index (χ1) is 8.13. The summed E-state index contributed by atoms with van der Waals surface area (Å²) in [5, 5.41) is 3.38. The molecule has 0 fully saturated rings. The number of halogens is 2. The third-order valence-corrected chi connectivity index (χ3v) is 1.63. The van der Waals surface area contributed by atoms with Crippen LogP contribution in [-0.4, -0.2) is 42.4 Å². The molecule has 0 bridgehead atoms. The summed E-state index contributed by atoms with van der Waals surface area (Å²) in [5.74, 6) is -0.728. The van der Waals surface area contributed by atoms with Crippen molar-refractivity contribution in [2.45, 2.75) is 19.8 Å². The first-order valence-electron chi connectivity index (χ1n) is 4.99. The number of esters is 1. The molecule has 0 saturated carbocycles. The van der Waals surface area contributed by atoms with Gasteiger partial charge in [-0.15, -0.1) is 0 Å². The summed E-state index contributed by atoms with van der Waals surface area (Å²) < 4.78 is 37.4. The zero-order valence-corrected chi connectivity index (χ0v) is 9.19. The SMILES string of the molecule is CCOC(=O)c1noc(CCOCC(F)F)n1. The summed E-state index contributed by atoms with van der Waals surface area (Å²) in [6.07, 6.45) is -2.34. The maximum Gasteiger partial charge on any atom is 0.379 e. The molecular formula is C9H12F2N2O4. The summed E-state index contributed by atoms with van der Waals surface area (Å²) >= 11 is 0. The smallest absolute Gasteiger partial charge is 0.379 e. The van der Waals surface area contributed by atoms with Gasteiger partial charge >= 0.3 is 5.97 Å². The molecule has 6 nitrogen and oxygen atoms in total.